The number of hydrogen-bond acceptors (Lipinski definition) is 1. The van der Waals surface area contributed by atoms with Crippen LogP contribution in [0.1, 0.15) is 13.7 Å². The zero-order valence-corrected chi connectivity index (χ0v) is 34.4. The molecule has 0 radical (unpaired) electrons. The van der Waals surface area contributed by atoms with Gasteiger partial charge in [0.15, 0.2) is 0 Å². The van der Waals surface area contributed by atoms with Crippen molar-refractivity contribution in [1.29, 1.82) is 0 Å². The van der Waals surface area contributed by atoms with Gasteiger partial charge in [-0.1, -0.05) is 200 Å². The summed E-state index contributed by atoms with van der Waals surface area (Å²) in [5.74, 6) is 0. The van der Waals surface area contributed by atoms with E-state index in [0.717, 1.165) is 71.3 Å². The Kier molecular flexibility index (Phi) is 6.95. The fourth-order valence-electron chi connectivity index (χ4n) is 9.22. The second kappa shape index (κ2) is 15.8. The average Bonchev–Trinajstić information content (AvgIpc) is 3.78. The lowest BCUT2D eigenvalue weighted by Crippen LogP contribution is -2.10. The number of nitrogens with zero attached hydrogens (tertiary/aromatic N) is 2. The molecule has 2 heteroatoms. The third-order valence-electron chi connectivity index (χ3n) is 12.1. The van der Waals surface area contributed by atoms with Crippen LogP contribution in [-0.4, -0.2) is 4.57 Å². The van der Waals surface area contributed by atoms with Crippen molar-refractivity contribution in [2.45, 2.75) is 0 Å². The second-order valence-corrected chi connectivity index (χ2v) is 15.8. The van der Waals surface area contributed by atoms with Gasteiger partial charge in [0.1, 0.15) is 0 Å². The average molecular weight is 825 g/mol. The van der Waals surface area contributed by atoms with Gasteiger partial charge in [0, 0.05) is 33.2 Å². The minimum absolute atomic E-state index is 0.0980. The number of hydrogen-bond donors (Lipinski definition) is 0. The molecular weight excluding hydrogens is 773 g/mol. The molecule has 64 heavy (non-hydrogen) atoms. The highest BCUT2D eigenvalue weighted by Gasteiger charge is 2.22. The molecule has 0 atom stereocenters. The Morgan fingerprint density at radius 1 is 0.328 bits per heavy atom. The molecule has 0 aliphatic carbocycles. The summed E-state index contributed by atoms with van der Waals surface area (Å²) in [6.07, 6.45) is 0. The van der Waals surface area contributed by atoms with Crippen molar-refractivity contribution in [2.75, 3.05) is 4.90 Å². The summed E-state index contributed by atoms with van der Waals surface area (Å²) >= 11 is 0. The van der Waals surface area contributed by atoms with Crippen molar-refractivity contribution in [2.24, 2.45) is 0 Å². The highest BCUT2D eigenvalue weighted by atomic mass is 15.1. The predicted molar refractivity (Wildman–Crippen MR) is 272 cm³/mol. The van der Waals surface area contributed by atoms with Crippen LogP contribution in [0.3, 0.4) is 0 Å². The maximum atomic E-state index is 9.12. The van der Waals surface area contributed by atoms with Crippen molar-refractivity contribution < 1.29 is 13.7 Å². The lowest BCUT2D eigenvalue weighted by atomic mass is 9.97. The molecule has 2 nitrogen and oxygen atoms in total. The summed E-state index contributed by atoms with van der Waals surface area (Å²) < 4.78 is 90.3. The molecule has 0 bridgehead atoms. The molecule has 1 heterocycles. The standard InChI is InChI=1S/C62H42N2/c1-5-17-43(18-6-1)46-29-32-51(33-30-46)63(53-40-49(44-19-7-2-8-20-44)39-50(41-53)45-21-9-3-10-22-45)52-34-35-58-61(42-52)64(60-37-31-48-25-13-14-26-55(48)62(58)60)59-38-36-54(47-23-11-4-12-24-47)56-27-15-16-28-57(56)59/h1-42H/i2D,3D,7D,8D,9D,10D,19D,20D,21D,22D. The van der Waals surface area contributed by atoms with Crippen molar-refractivity contribution >= 4 is 60.4 Å². The molecule has 300 valence electrons. The van der Waals surface area contributed by atoms with Crippen molar-refractivity contribution in [1.82, 2.24) is 4.57 Å². The van der Waals surface area contributed by atoms with E-state index < -0.39 is 60.4 Å². The first-order valence-corrected chi connectivity index (χ1v) is 21.2. The van der Waals surface area contributed by atoms with E-state index in [4.69, 9.17) is 13.7 Å². The van der Waals surface area contributed by atoms with Crippen LogP contribution in [0.2, 0.25) is 0 Å². The van der Waals surface area contributed by atoms with Gasteiger partial charge >= 0.3 is 0 Å². The Labute approximate surface area is 387 Å². The Hall–Kier alpha value is -8.46. The first-order chi connectivity index (χ1) is 35.9. The molecule has 0 unspecified atom stereocenters. The monoisotopic (exact) mass is 824 g/mol. The summed E-state index contributed by atoms with van der Waals surface area (Å²) in [7, 11) is 0. The highest BCUT2D eigenvalue weighted by molar-refractivity contribution is 6.22. The van der Waals surface area contributed by atoms with E-state index in [-0.39, 0.29) is 22.3 Å². The Bertz CT molecular complexity index is 4100. The molecule has 12 rings (SSSR count). The van der Waals surface area contributed by atoms with Gasteiger partial charge in [-0.2, -0.15) is 0 Å². The molecule has 1 aromatic heterocycles. The molecule has 12 aromatic rings. The third kappa shape index (κ3) is 6.52. The van der Waals surface area contributed by atoms with Gasteiger partial charge in [0.25, 0.3) is 0 Å². The summed E-state index contributed by atoms with van der Waals surface area (Å²) in [6.45, 7) is 0. The van der Waals surface area contributed by atoms with Gasteiger partial charge < -0.3 is 9.47 Å². The summed E-state index contributed by atoms with van der Waals surface area (Å²) in [4.78, 5) is 2.00. The molecule has 0 N–H and O–H groups in total. The van der Waals surface area contributed by atoms with E-state index in [1.165, 1.54) is 0 Å². The van der Waals surface area contributed by atoms with Crippen LogP contribution in [0.15, 0.2) is 255 Å². The van der Waals surface area contributed by atoms with Crippen LogP contribution in [0.5, 0.6) is 0 Å². The van der Waals surface area contributed by atoms with Crippen LogP contribution in [0, 0.1) is 0 Å². The molecule has 0 amide bonds. The van der Waals surface area contributed by atoms with E-state index in [0.29, 0.717) is 17.1 Å². The van der Waals surface area contributed by atoms with Crippen molar-refractivity contribution in [3.05, 3.63) is 255 Å². The van der Waals surface area contributed by atoms with E-state index in [9.17, 15) is 0 Å². The summed E-state index contributed by atoms with van der Waals surface area (Å²) in [5.41, 5.74) is 9.07. The smallest absolute Gasteiger partial charge is 0.0629 e. The van der Waals surface area contributed by atoms with Crippen molar-refractivity contribution in [3.8, 4) is 50.2 Å². The summed E-state index contributed by atoms with van der Waals surface area (Å²) in [5, 5.41) is 6.41. The van der Waals surface area contributed by atoms with Gasteiger partial charge in [0.2, 0.25) is 0 Å². The van der Waals surface area contributed by atoms with Crippen LogP contribution < -0.4 is 4.90 Å². The summed E-state index contributed by atoms with van der Waals surface area (Å²) in [6, 6.07) is 60.2. The molecular formula is C62H42N2. The zero-order valence-electron chi connectivity index (χ0n) is 44.4. The number of anilines is 3. The minimum Gasteiger partial charge on any atom is -0.310 e. The van der Waals surface area contributed by atoms with Gasteiger partial charge in [0.05, 0.1) is 30.4 Å². The largest absolute Gasteiger partial charge is 0.310 e. The zero-order chi connectivity index (χ0) is 51.1. The molecule has 0 saturated heterocycles. The van der Waals surface area contributed by atoms with Crippen LogP contribution in [0.4, 0.5) is 17.1 Å². The number of rotatable bonds is 8. The van der Waals surface area contributed by atoms with Gasteiger partial charge in [-0.25, -0.2) is 0 Å². The lowest BCUT2D eigenvalue weighted by molar-refractivity contribution is 1.19. The number of aromatic nitrogens is 1. The van der Waals surface area contributed by atoms with E-state index >= 15 is 0 Å². The second-order valence-electron chi connectivity index (χ2n) is 15.8. The Morgan fingerprint density at radius 3 is 1.59 bits per heavy atom. The third-order valence-corrected chi connectivity index (χ3v) is 12.1. The first-order valence-electron chi connectivity index (χ1n) is 26.2. The molecule has 0 saturated carbocycles. The fraction of sp³-hybridized carbons (Fsp3) is 0. The van der Waals surface area contributed by atoms with Gasteiger partial charge in [-0.05, 0) is 115 Å². The van der Waals surface area contributed by atoms with E-state index in [1.807, 2.05) is 89.8 Å². The Morgan fingerprint density at radius 2 is 0.906 bits per heavy atom. The van der Waals surface area contributed by atoms with Crippen LogP contribution in [0.25, 0.3) is 93.5 Å². The molecule has 11 aromatic carbocycles. The van der Waals surface area contributed by atoms with E-state index in [2.05, 4.69) is 95.6 Å². The number of fused-ring (bicyclic) bond motifs is 6. The highest BCUT2D eigenvalue weighted by Crippen LogP contribution is 2.45. The fourth-order valence-corrected chi connectivity index (χ4v) is 9.22. The maximum Gasteiger partial charge on any atom is 0.0629 e. The quantitative estimate of drug-likeness (QED) is 0.148. The maximum absolute atomic E-state index is 9.12. The Balaban J connectivity index is 1.18. The van der Waals surface area contributed by atoms with E-state index in [1.54, 1.807) is 18.2 Å². The lowest BCUT2D eigenvalue weighted by Gasteiger charge is -2.27. The SMILES string of the molecule is [2H]c1c([2H])c([2H])c(-c2cc(-c3c([2H])c([2H])c([2H])c([2H])c3[2H])cc(N(c3ccc(-c4ccccc4)cc3)c3ccc4c5c6ccccc6ccc5n(-c5ccc(-c6ccccc6)c6ccccc56)c4c3)c2)c([2H])c1[2H]. The van der Waals surface area contributed by atoms with Gasteiger partial charge in [-0.3, -0.25) is 0 Å². The first kappa shape index (κ1) is 28.2. The van der Waals surface area contributed by atoms with Crippen LogP contribution in [-0.2, 0) is 0 Å². The van der Waals surface area contributed by atoms with Crippen LogP contribution >= 0.6 is 0 Å². The number of benzene rings is 11. The molecule has 0 fully saturated rings. The van der Waals surface area contributed by atoms with Crippen molar-refractivity contribution in [3.63, 3.8) is 0 Å². The normalized spacial score (nSPS) is 13.6. The minimum atomic E-state index is -0.551. The topological polar surface area (TPSA) is 8.17 Å². The predicted octanol–water partition coefficient (Wildman–Crippen LogP) is 17.2. The molecule has 0 spiro atoms. The molecule has 0 aliphatic heterocycles. The molecule has 0 aliphatic rings. The van der Waals surface area contributed by atoms with Gasteiger partial charge in [-0.15, -0.1) is 0 Å².